The van der Waals surface area contributed by atoms with E-state index in [-0.39, 0.29) is 10.6 Å². The molecule has 3 rings (SSSR count). The lowest BCUT2D eigenvalue weighted by Gasteiger charge is -2.26. The average Bonchev–Trinajstić information content (AvgIpc) is 2.61. The summed E-state index contributed by atoms with van der Waals surface area (Å²) in [6.45, 7) is 0.418. The van der Waals surface area contributed by atoms with E-state index in [2.05, 4.69) is 4.72 Å². The molecule has 0 saturated heterocycles. The molecule has 1 saturated carbocycles. The van der Waals surface area contributed by atoms with Crippen LogP contribution in [0.15, 0.2) is 29.2 Å². The van der Waals surface area contributed by atoms with Crippen LogP contribution in [0.3, 0.4) is 0 Å². The topological polar surface area (TPSA) is 80.3 Å². The fourth-order valence-corrected chi connectivity index (χ4v) is 6.85. The number of sulfone groups is 1. The Morgan fingerprint density at radius 2 is 1.90 bits per heavy atom. The summed E-state index contributed by atoms with van der Waals surface area (Å²) in [5.41, 5.74) is 0.397. The Morgan fingerprint density at radius 1 is 1.20 bits per heavy atom. The number of fused-ring (bicyclic) bond motifs is 1. The van der Waals surface area contributed by atoms with Crippen molar-refractivity contribution in [1.82, 2.24) is 4.72 Å². The van der Waals surface area contributed by atoms with Crippen LogP contribution in [0.4, 0.5) is 0 Å². The van der Waals surface area contributed by atoms with Crippen molar-refractivity contribution in [2.75, 3.05) is 12.3 Å². The van der Waals surface area contributed by atoms with Crippen LogP contribution in [0.5, 0.6) is 0 Å². The Labute approximate surface area is 119 Å². The molecule has 1 heterocycles. The highest BCUT2D eigenvalue weighted by molar-refractivity contribution is 7.95. The molecule has 1 aromatic rings. The van der Waals surface area contributed by atoms with Gasteiger partial charge in [0.2, 0.25) is 10.0 Å². The van der Waals surface area contributed by atoms with E-state index < -0.39 is 25.1 Å². The molecule has 1 aliphatic heterocycles. The van der Waals surface area contributed by atoms with Gasteiger partial charge in [-0.25, -0.2) is 21.6 Å². The summed E-state index contributed by atoms with van der Waals surface area (Å²) in [6, 6.07) is 6.36. The van der Waals surface area contributed by atoms with Gasteiger partial charge >= 0.3 is 0 Å². The standard InChI is InChI=1S/C13H17NO4S2/c15-19(16)9-13(11-6-1-2-7-12(11)19)20(17,18)14-8-10-4-3-5-10/h1-2,6-7,10,13-14H,3-5,8-9H2. The minimum absolute atomic E-state index is 0.152. The van der Waals surface area contributed by atoms with Gasteiger partial charge in [-0.15, -0.1) is 0 Å². The summed E-state index contributed by atoms with van der Waals surface area (Å²) in [5, 5.41) is -0.983. The number of sulfonamides is 1. The van der Waals surface area contributed by atoms with E-state index in [0.717, 1.165) is 19.3 Å². The smallest absolute Gasteiger partial charge is 0.219 e. The molecular formula is C13H17NO4S2. The molecular weight excluding hydrogens is 298 g/mol. The molecule has 0 radical (unpaired) electrons. The van der Waals surface area contributed by atoms with E-state index in [1.165, 1.54) is 6.07 Å². The highest BCUT2D eigenvalue weighted by atomic mass is 32.2. The maximum Gasteiger partial charge on any atom is 0.219 e. The van der Waals surface area contributed by atoms with Gasteiger partial charge in [-0.05, 0) is 30.4 Å². The van der Waals surface area contributed by atoms with Crippen LogP contribution in [0.25, 0.3) is 0 Å². The Hall–Kier alpha value is -0.920. The Morgan fingerprint density at radius 3 is 2.55 bits per heavy atom. The first kappa shape index (κ1) is 14.0. The van der Waals surface area contributed by atoms with Crippen LogP contribution in [-0.2, 0) is 19.9 Å². The molecule has 7 heteroatoms. The van der Waals surface area contributed by atoms with Gasteiger partial charge in [-0.3, -0.25) is 0 Å². The van der Waals surface area contributed by atoms with Crippen molar-refractivity contribution in [3.8, 4) is 0 Å². The fraction of sp³-hybridized carbons (Fsp3) is 0.538. The Bertz CT molecular complexity index is 720. The van der Waals surface area contributed by atoms with E-state index in [0.29, 0.717) is 18.0 Å². The lowest BCUT2D eigenvalue weighted by Crippen LogP contribution is -2.35. The third-order valence-corrected chi connectivity index (χ3v) is 7.91. The van der Waals surface area contributed by atoms with Crippen LogP contribution in [0.1, 0.15) is 30.1 Å². The van der Waals surface area contributed by atoms with E-state index in [1.807, 2.05) is 0 Å². The van der Waals surface area contributed by atoms with Crippen molar-refractivity contribution >= 4 is 19.9 Å². The molecule has 20 heavy (non-hydrogen) atoms. The number of rotatable bonds is 4. The maximum absolute atomic E-state index is 12.4. The maximum atomic E-state index is 12.4. The fourth-order valence-electron chi connectivity index (χ4n) is 2.70. The molecule has 1 aliphatic carbocycles. The summed E-state index contributed by atoms with van der Waals surface area (Å²) >= 11 is 0. The molecule has 1 aromatic carbocycles. The molecule has 2 aliphatic rings. The summed E-state index contributed by atoms with van der Waals surface area (Å²) in [6.07, 6.45) is 3.23. The quantitative estimate of drug-likeness (QED) is 0.906. The zero-order valence-electron chi connectivity index (χ0n) is 10.9. The van der Waals surface area contributed by atoms with Gasteiger partial charge in [-0.1, -0.05) is 24.6 Å². The molecule has 1 N–H and O–H groups in total. The molecule has 0 aromatic heterocycles. The molecule has 0 amide bonds. The first-order chi connectivity index (χ1) is 9.40. The van der Waals surface area contributed by atoms with Crippen molar-refractivity contribution in [3.63, 3.8) is 0 Å². The van der Waals surface area contributed by atoms with Crippen molar-refractivity contribution in [3.05, 3.63) is 29.8 Å². The first-order valence-corrected chi connectivity index (χ1v) is 9.90. The van der Waals surface area contributed by atoms with E-state index in [9.17, 15) is 16.8 Å². The van der Waals surface area contributed by atoms with Crippen molar-refractivity contribution in [2.24, 2.45) is 5.92 Å². The largest absolute Gasteiger partial charge is 0.224 e. The summed E-state index contributed by atoms with van der Waals surface area (Å²) in [7, 11) is -7.13. The van der Waals surface area contributed by atoms with Crippen LogP contribution in [-0.4, -0.2) is 29.1 Å². The highest BCUT2D eigenvalue weighted by Gasteiger charge is 2.42. The molecule has 1 atom stereocenters. The summed E-state index contributed by atoms with van der Waals surface area (Å²) in [4.78, 5) is 0.152. The SMILES string of the molecule is O=S1(=O)CC(S(=O)(=O)NCC2CCC2)c2ccccc21. The third kappa shape index (κ3) is 2.38. The minimum atomic E-state index is -3.64. The number of nitrogens with one attached hydrogen (secondary N) is 1. The average molecular weight is 315 g/mol. The number of hydrogen-bond donors (Lipinski definition) is 1. The summed E-state index contributed by atoms with van der Waals surface area (Å²) < 4.78 is 51.3. The normalized spacial score (nSPS) is 25.1. The second kappa shape index (κ2) is 4.82. The first-order valence-electron chi connectivity index (χ1n) is 6.70. The van der Waals surface area contributed by atoms with Gasteiger partial charge in [0.15, 0.2) is 9.84 Å². The summed E-state index contributed by atoms with van der Waals surface area (Å²) in [5.74, 6) is 0.0461. The third-order valence-electron chi connectivity index (χ3n) is 4.14. The lowest BCUT2D eigenvalue weighted by molar-refractivity contribution is 0.316. The van der Waals surface area contributed by atoms with E-state index >= 15 is 0 Å². The van der Waals surface area contributed by atoms with Gasteiger partial charge in [0, 0.05) is 6.54 Å². The van der Waals surface area contributed by atoms with Crippen LogP contribution in [0.2, 0.25) is 0 Å². The Kier molecular flexibility index (Phi) is 3.38. The van der Waals surface area contributed by atoms with Gasteiger partial charge in [0.1, 0.15) is 5.25 Å². The van der Waals surface area contributed by atoms with Crippen molar-refractivity contribution in [2.45, 2.75) is 29.4 Å². The number of hydrogen-bond acceptors (Lipinski definition) is 4. The van der Waals surface area contributed by atoms with E-state index in [4.69, 9.17) is 0 Å². The van der Waals surface area contributed by atoms with Gasteiger partial charge < -0.3 is 0 Å². The zero-order chi connectivity index (χ0) is 14.4. The predicted octanol–water partition coefficient (Wildman–Crippen LogP) is 1.23. The molecule has 1 fully saturated rings. The second-order valence-electron chi connectivity index (χ2n) is 5.50. The van der Waals surface area contributed by atoms with Crippen LogP contribution < -0.4 is 4.72 Å². The van der Waals surface area contributed by atoms with Gasteiger partial charge in [0.05, 0.1) is 10.6 Å². The minimum Gasteiger partial charge on any atom is -0.224 e. The van der Waals surface area contributed by atoms with Crippen LogP contribution in [0, 0.1) is 5.92 Å². The zero-order valence-corrected chi connectivity index (χ0v) is 12.6. The van der Waals surface area contributed by atoms with Gasteiger partial charge in [-0.2, -0.15) is 0 Å². The molecule has 110 valence electrons. The molecule has 5 nitrogen and oxygen atoms in total. The molecule has 0 bridgehead atoms. The van der Waals surface area contributed by atoms with Crippen LogP contribution >= 0.6 is 0 Å². The van der Waals surface area contributed by atoms with Crippen molar-refractivity contribution < 1.29 is 16.8 Å². The lowest BCUT2D eigenvalue weighted by atomic mass is 9.86. The van der Waals surface area contributed by atoms with Gasteiger partial charge in [0.25, 0.3) is 0 Å². The molecule has 1 unspecified atom stereocenters. The Balaban J connectivity index is 1.87. The molecule has 0 spiro atoms. The predicted molar refractivity (Wildman–Crippen MR) is 75.5 cm³/mol. The second-order valence-corrected chi connectivity index (χ2v) is 9.45. The number of benzene rings is 1. The van der Waals surface area contributed by atoms with E-state index in [1.54, 1.807) is 18.2 Å². The van der Waals surface area contributed by atoms with Crippen molar-refractivity contribution in [1.29, 1.82) is 0 Å². The highest BCUT2D eigenvalue weighted by Crippen LogP contribution is 2.38. The monoisotopic (exact) mass is 315 g/mol.